The van der Waals surface area contributed by atoms with Crippen LogP contribution in [0.2, 0.25) is 5.15 Å². The highest BCUT2D eigenvalue weighted by molar-refractivity contribution is 6.30. The molecular weight excluding hydrogens is 240 g/mol. The molecule has 5 nitrogen and oxygen atoms in total. The minimum atomic E-state index is 0.0742. The van der Waals surface area contributed by atoms with Gasteiger partial charge in [-0.25, -0.2) is 0 Å². The van der Waals surface area contributed by atoms with Gasteiger partial charge in [-0.2, -0.15) is 5.10 Å². The van der Waals surface area contributed by atoms with Gasteiger partial charge in [-0.3, -0.25) is 14.4 Å². The zero-order valence-electron chi connectivity index (χ0n) is 11.0. The van der Waals surface area contributed by atoms with Crippen LogP contribution in [0.4, 0.5) is 0 Å². The molecule has 0 saturated heterocycles. The predicted molar refractivity (Wildman–Crippen MR) is 68.0 cm³/mol. The van der Waals surface area contributed by atoms with Crippen LogP contribution in [0.25, 0.3) is 0 Å². The van der Waals surface area contributed by atoms with Crippen molar-refractivity contribution in [1.29, 1.82) is 0 Å². The molecule has 6 heteroatoms. The molecule has 0 aliphatic rings. The molecule has 1 aromatic heterocycles. The molecule has 1 rings (SSSR count). The van der Waals surface area contributed by atoms with Crippen molar-refractivity contribution in [3.8, 4) is 0 Å². The van der Waals surface area contributed by atoms with Crippen molar-refractivity contribution in [3.05, 3.63) is 16.4 Å². The van der Waals surface area contributed by atoms with E-state index in [0.717, 1.165) is 11.3 Å². The lowest BCUT2D eigenvalue weighted by atomic mass is 10.2. The number of halogens is 1. The molecule has 0 N–H and O–H groups in total. The maximum absolute atomic E-state index is 11.5. The standard InChI is InChI=1S/C11H19ClN4O/c1-8-9(11(12)16(5)13-8)6-15(4)7-10(17)14(2)3/h6-7H2,1-5H3. The Morgan fingerprint density at radius 2 is 2.00 bits per heavy atom. The Kier molecular flexibility index (Phi) is 4.54. The van der Waals surface area contributed by atoms with Gasteiger partial charge in [0, 0.05) is 33.3 Å². The molecule has 1 aromatic rings. The number of aromatic nitrogens is 2. The molecular formula is C11H19ClN4O. The number of hydrogen-bond acceptors (Lipinski definition) is 3. The second-order valence-corrected chi connectivity index (χ2v) is 4.80. The molecule has 1 heterocycles. The van der Waals surface area contributed by atoms with Crippen LogP contribution >= 0.6 is 11.6 Å². The molecule has 0 bridgehead atoms. The van der Waals surface area contributed by atoms with Gasteiger partial charge < -0.3 is 4.90 Å². The van der Waals surface area contributed by atoms with E-state index in [9.17, 15) is 4.79 Å². The predicted octanol–water partition coefficient (Wildman–Crippen LogP) is 0.902. The van der Waals surface area contributed by atoms with E-state index in [1.165, 1.54) is 0 Å². The minimum Gasteiger partial charge on any atom is -0.348 e. The maximum Gasteiger partial charge on any atom is 0.236 e. The van der Waals surface area contributed by atoms with Crippen LogP contribution in [-0.2, 0) is 18.4 Å². The first-order valence-electron chi connectivity index (χ1n) is 5.39. The number of hydrogen-bond donors (Lipinski definition) is 0. The molecule has 0 spiro atoms. The molecule has 0 radical (unpaired) electrons. The number of nitrogens with zero attached hydrogens (tertiary/aromatic N) is 4. The Balaban J connectivity index is 2.68. The third-order valence-corrected chi connectivity index (χ3v) is 3.07. The fraction of sp³-hybridized carbons (Fsp3) is 0.636. The van der Waals surface area contributed by atoms with Crippen molar-refractivity contribution in [2.75, 3.05) is 27.7 Å². The highest BCUT2D eigenvalue weighted by atomic mass is 35.5. The molecule has 0 unspecified atom stereocenters. The Morgan fingerprint density at radius 1 is 1.41 bits per heavy atom. The summed E-state index contributed by atoms with van der Waals surface area (Å²) in [5, 5.41) is 4.87. The van der Waals surface area contributed by atoms with Gasteiger partial charge in [0.25, 0.3) is 0 Å². The largest absolute Gasteiger partial charge is 0.348 e. The maximum atomic E-state index is 11.5. The summed E-state index contributed by atoms with van der Waals surface area (Å²) >= 11 is 6.14. The van der Waals surface area contributed by atoms with Crippen molar-refractivity contribution in [3.63, 3.8) is 0 Å². The number of aryl methyl sites for hydroxylation is 2. The summed E-state index contributed by atoms with van der Waals surface area (Å²) in [4.78, 5) is 15.1. The highest BCUT2D eigenvalue weighted by Gasteiger charge is 2.15. The zero-order chi connectivity index (χ0) is 13.2. The first-order valence-corrected chi connectivity index (χ1v) is 5.77. The Morgan fingerprint density at radius 3 is 2.41 bits per heavy atom. The van der Waals surface area contributed by atoms with Crippen molar-refractivity contribution < 1.29 is 4.79 Å². The van der Waals surface area contributed by atoms with Gasteiger partial charge in [-0.05, 0) is 14.0 Å². The summed E-state index contributed by atoms with van der Waals surface area (Å²) in [7, 11) is 7.20. The first-order chi connectivity index (χ1) is 7.82. The smallest absolute Gasteiger partial charge is 0.236 e. The van der Waals surface area contributed by atoms with Crippen LogP contribution in [0.15, 0.2) is 0 Å². The SMILES string of the molecule is Cc1nn(C)c(Cl)c1CN(C)CC(=O)N(C)C. The van der Waals surface area contributed by atoms with E-state index in [4.69, 9.17) is 11.6 Å². The van der Waals surface area contributed by atoms with E-state index >= 15 is 0 Å². The summed E-state index contributed by atoms with van der Waals surface area (Å²) in [5.41, 5.74) is 1.88. The van der Waals surface area contributed by atoms with Gasteiger partial charge in [-0.15, -0.1) is 0 Å². The average molecular weight is 259 g/mol. The third-order valence-electron chi connectivity index (χ3n) is 2.60. The monoisotopic (exact) mass is 258 g/mol. The summed E-state index contributed by atoms with van der Waals surface area (Å²) < 4.78 is 1.65. The molecule has 0 saturated carbocycles. The first kappa shape index (κ1) is 14.0. The van der Waals surface area contributed by atoms with Crippen molar-refractivity contribution in [2.45, 2.75) is 13.5 Å². The van der Waals surface area contributed by atoms with Gasteiger partial charge in [0.15, 0.2) is 0 Å². The van der Waals surface area contributed by atoms with Gasteiger partial charge in [0.05, 0.1) is 12.2 Å². The normalized spacial score (nSPS) is 11.0. The Hall–Kier alpha value is -1.07. The lowest BCUT2D eigenvalue weighted by Crippen LogP contribution is -2.34. The number of likely N-dealkylation sites (N-methyl/N-ethyl adjacent to an activating group) is 2. The summed E-state index contributed by atoms with van der Waals surface area (Å²) in [6.45, 7) is 2.92. The molecule has 0 fully saturated rings. The fourth-order valence-electron chi connectivity index (χ4n) is 1.55. The molecule has 17 heavy (non-hydrogen) atoms. The van der Waals surface area contributed by atoms with Crippen molar-refractivity contribution >= 4 is 17.5 Å². The number of carbonyl (C=O) groups is 1. The molecule has 0 aliphatic carbocycles. The molecule has 0 aromatic carbocycles. The average Bonchev–Trinajstić information content (AvgIpc) is 2.45. The number of amides is 1. The van der Waals surface area contributed by atoms with Crippen LogP contribution < -0.4 is 0 Å². The molecule has 96 valence electrons. The van der Waals surface area contributed by atoms with Gasteiger partial charge in [-0.1, -0.05) is 11.6 Å². The fourth-order valence-corrected chi connectivity index (χ4v) is 1.79. The third kappa shape index (κ3) is 3.44. The van der Waals surface area contributed by atoms with E-state index in [1.807, 2.05) is 25.9 Å². The second-order valence-electron chi connectivity index (χ2n) is 4.44. The van der Waals surface area contributed by atoms with E-state index in [1.54, 1.807) is 23.7 Å². The van der Waals surface area contributed by atoms with Crippen LogP contribution in [-0.4, -0.2) is 53.2 Å². The molecule has 1 amide bonds. The Bertz CT molecular complexity index is 414. The summed E-state index contributed by atoms with van der Waals surface area (Å²) in [5.74, 6) is 0.0742. The van der Waals surface area contributed by atoms with E-state index in [0.29, 0.717) is 18.2 Å². The topological polar surface area (TPSA) is 41.4 Å². The van der Waals surface area contributed by atoms with E-state index < -0.39 is 0 Å². The number of rotatable bonds is 4. The van der Waals surface area contributed by atoms with Crippen LogP contribution in [0.1, 0.15) is 11.3 Å². The lowest BCUT2D eigenvalue weighted by molar-refractivity contribution is -0.129. The molecule has 0 atom stereocenters. The van der Waals surface area contributed by atoms with Gasteiger partial charge >= 0.3 is 0 Å². The zero-order valence-corrected chi connectivity index (χ0v) is 11.7. The Labute approximate surface area is 107 Å². The minimum absolute atomic E-state index is 0.0742. The van der Waals surface area contributed by atoms with Crippen LogP contribution in [0, 0.1) is 6.92 Å². The van der Waals surface area contributed by atoms with E-state index in [2.05, 4.69) is 5.10 Å². The van der Waals surface area contributed by atoms with Crippen LogP contribution in [0.5, 0.6) is 0 Å². The quantitative estimate of drug-likeness (QED) is 0.806. The van der Waals surface area contributed by atoms with E-state index in [-0.39, 0.29) is 5.91 Å². The highest BCUT2D eigenvalue weighted by Crippen LogP contribution is 2.19. The molecule has 0 aliphatic heterocycles. The number of carbonyl (C=O) groups excluding carboxylic acids is 1. The second kappa shape index (κ2) is 5.51. The van der Waals surface area contributed by atoms with Crippen molar-refractivity contribution in [1.82, 2.24) is 19.6 Å². The van der Waals surface area contributed by atoms with Gasteiger partial charge in [0.1, 0.15) is 5.15 Å². The van der Waals surface area contributed by atoms with Crippen molar-refractivity contribution in [2.24, 2.45) is 7.05 Å². The summed E-state index contributed by atoms with van der Waals surface area (Å²) in [6.07, 6.45) is 0. The lowest BCUT2D eigenvalue weighted by Gasteiger charge is -2.18. The van der Waals surface area contributed by atoms with Crippen LogP contribution in [0.3, 0.4) is 0 Å². The summed E-state index contributed by atoms with van der Waals surface area (Å²) in [6, 6.07) is 0. The van der Waals surface area contributed by atoms with Gasteiger partial charge in [0.2, 0.25) is 5.91 Å².